The molecule has 0 radical (unpaired) electrons. The number of carboxylic acids is 1. The van der Waals surface area contributed by atoms with Gasteiger partial charge in [-0.2, -0.15) is 0 Å². The van der Waals surface area contributed by atoms with Gasteiger partial charge in [0, 0.05) is 36.5 Å². The van der Waals surface area contributed by atoms with Gasteiger partial charge >= 0.3 is 5.97 Å². The number of nitrogens with zero attached hydrogens (tertiary/aromatic N) is 2. The zero-order valence-electron chi connectivity index (χ0n) is 22.0. The molecule has 4 aromatic rings. The SMILES string of the molecule is CN1CC(=O)N2[C@H](c3ccc4c(c3)OCO4)c3[nH]c4ccccc4c3C[C@@H]2C1=O.O=C(O)CCc1ccccc1. The lowest BCUT2D eigenvalue weighted by atomic mass is 9.86. The van der Waals surface area contributed by atoms with Gasteiger partial charge in [-0.05, 0) is 41.3 Å². The molecule has 1 fully saturated rings. The second kappa shape index (κ2) is 10.4. The second-order valence-corrected chi connectivity index (χ2v) is 10.2. The average molecular weight is 540 g/mol. The number of aliphatic carboxylic acids is 1. The highest BCUT2D eigenvalue weighted by Crippen LogP contribution is 2.44. The summed E-state index contributed by atoms with van der Waals surface area (Å²) >= 11 is 0. The molecule has 204 valence electrons. The average Bonchev–Trinajstić information content (AvgIpc) is 3.59. The maximum atomic E-state index is 13.1. The number of ether oxygens (including phenoxy) is 2. The summed E-state index contributed by atoms with van der Waals surface area (Å²) in [5.74, 6) is 0.540. The number of nitrogens with one attached hydrogen (secondary N) is 1. The Morgan fingerprint density at radius 2 is 1.75 bits per heavy atom. The minimum absolute atomic E-state index is 0.0220. The smallest absolute Gasteiger partial charge is 0.303 e. The Bertz CT molecular complexity index is 1600. The normalized spacial score (nSPS) is 19.1. The molecule has 1 saturated heterocycles. The van der Waals surface area contributed by atoms with Crippen molar-refractivity contribution in [2.45, 2.75) is 31.3 Å². The molecule has 0 bridgehead atoms. The molecule has 9 nitrogen and oxygen atoms in total. The van der Waals surface area contributed by atoms with Crippen molar-refractivity contribution in [2.75, 3.05) is 20.4 Å². The Morgan fingerprint density at radius 1 is 1.00 bits per heavy atom. The van der Waals surface area contributed by atoms with Crippen LogP contribution in [0.2, 0.25) is 0 Å². The number of aryl methyl sites for hydroxylation is 1. The van der Waals surface area contributed by atoms with Crippen molar-refractivity contribution in [3.8, 4) is 11.5 Å². The number of hydrogen-bond acceptors (Lipinski definition) is 5. The van der Waals surface area contributed by atoms with E-state index in [0.717, 1.165) is 33.3 Å². The third kappa shape index (κ3) is 4.64. The van der Waals surface area contributed by atoms with Gasteiger partial charge in [-0.25, -0.2) is 0 Å². The highest BCUT2D eigenvalue weighted by atomic mass is 16.7. The maximum Gasteiger partial charge on any atom is 0.303 e. The van der Waals surface area contributed by atoms with E-state index in [1.807, 2.05) is 66.7 Å². The largest absolute Gasteiger partial charge is 0.481 e. The van der Waals surface area contributed by atoms with E-state index >= 15 is 0 Å². The van der Waals surface area contributed by atoms with Crippen LogP contribution in [0.5, 0.6) is 11.5 Å². The molecule has 0 aliphatic carbocycles. The molecule has 2 amide bonds. The molecule has 3 aromatic carbocycles. The van der Waals surface area contributed by atoms with Crippen molar-refractivity contribution < 1.29 is 29.0 Å². The number of hydrogen-bond donors (Lipinski definition) is 2. The predicted molar refractivity (Wildman–Crippen MR) is 147 cm³/mol. The minimum Gasteiger partial charge on any atom is -0.481 e. The molecule has 0 saturated carbocycles. The van der Waals surface area contributed by atoms with Crippen LogP contribution in [0, 0.1) is 0 Å². The van der Waals surface area contributed by atoms with Crippen LogP contribution in [0.25, 0.3) is 10.9 Å². The number of H-pyrrole nitrogens is 1. The monoisotopic (exact) mass is 539 g/mol. The molecule has 2 atom stereocenters. The van der Waals surface area contributed by atoms with Crippen LogP contribution < -0.4 is 9.47 Å². The van der Waals surface area contributed by atoms with Gasteiger partial charge in [0.05, 0.1) is 12.6 Å². The van der Waals surface area contributed by atoms with E-state index in [1.165, 1.54) is 4.90 Å². The summed E-state index contributed by atoms with van der Waals surface area (Å²) < 4.78 is 11.0. The molecule has 1 aromatic heterocycles. The van der Waals surface area contributed by atoms with Crippen molar-refractivity contribution in [1.82, 2.24) is 14.8 Å². The topological polar surface area (TPSA) is 112 Å². The van der Waals surface area contributed by atoms with E-state index in [-0.39, 0.29) is 37.6 Å². The maximum absolute atomic E-state index is 13.1. The zero-order valence-corrected chi connectivity index (χ0v) is 22.0. The molecule has 4 heterocycles. The van der Waals surface area contributed by atoms with E-state index in [1.54, 1.807) is 11.9 Å². The van der Waals surface area contributed by atoms with Gasteiger partial charge in [-0.3, -0.25) is 14.4 Å². The fourth-order valence-corrected chi connectivity index (χ4v) is 5.73. The summed E-state index contributed by atoms with van der Waals surface area (Å²) in [6, 6.07) is 22.5. The highest BCUT2D eigenvalue weighted by Gasteiger charge is 2.47. The van der Waals surface area contributed by atoms with Crippen molar-refractivity contribution >= 4 is 28.7 Å². The van der Waals surface area contributed by atoms with Gasteiger partial charge in [0.2, 0.25) is 18.6 Å². The number of benzene rings is 3. The quantitative estimate of drug-likeness (QED) is 0.407. The predicted octanol–water partition coefficient (Wildman–Crippen LogP) is 3.92. The lowest BCUT2D eigenvalue weighted by Crippen LogP contribution is -2.62. The molecule has 3 aliphatic heterocycles. The number of aromatic amines is 1. The summed E-state index contributed by atoms with van der Waals surface area (Å²) in [4.78, 5) is 43.1. The van der Waals surface area contributed by atoms with Crippen molar-refractivity contribution in [2.24, 2.45) is 0 Å². The molecule has 9 heteroatoms. The number of fused-ring (bicyclic) bond motifs is 5. The van der Waals surface area contributed by atoms with Crippen LogP contribution in [0.3, 0.4) is 0 Å². The molecule has 3 aliphatic rings. The Hall–Kier alpha value is -4.79. The fraction of sp³-hybridized carbons (Fsp3) is 0.258. The molecular formula is C31H29N3O6. The van der Waals surface area contributed by atoms with Gasteiger partial charge in [0.25, 0.3) is 0 Å². The van der Waals surface area contributed by atoms with Crippen LogP contribution in [0.15, 0.2) is 72.8 Å². The summed E-state index contributed by atoms with van der Waals surface area (Å²) in [6.07, 6.45) is 1.34. The van der Waals surface area contributed by atoms with E-state index < -0.39 is 12.0 Å². The van der Waals surface area contributed by atoms with Crippen LogP contribution >= 0.6 is 0 Å². The first-order valence-electron chi connectivity index (χ1n) is 13.2. The third-order valence-corrected chi connectivity index (χ3v) is 7.64. The van der Waals surface area contributed by atoms with Crippen molar-refractivity contribution in [1.29, 1.82) is 0 Å². The van der Waals surface area contributed by atoms with Crippen LogP contribution in [-0.2, 0) is 27.2 Å². The Balaban J connectivity index is 0.000000223. The molecular weight excluding hydrogens is 510 g/mol. The van der Waals surface area contributed by atoms with E-state index in [4.69, 9.17) is 14.6 Å². The first-order chi connectivity index (χ1) is 19.4. The molecule has 7 rings (SSSR count). The number of carboxylic acid groups (broad SMARTS) is 1. The number of amides is 2. The van der Waals surface area contributed by atoms with Gasteiger partial charge < -0.3 is 29.4 Å². The van der Waals surface area contributed by atoms with Gasteiger partial charge in [0.1, 0.15) is 6.04 Å². The first kappa shape index (κ1) is 25.5. The van der Waals surface area contributed by atoms with Crippen molar-refractivity contribution in [3.63, 3.8) is 0 Å². The Kier molecular flexibility index (Phi) is 6.63. The van der Waals surface area contributed by atoms with Gasteiger partial charge in [-0.1, -0.05) is 54.6 Å². The first-order valence-corrected chi connectivity index (χ1v) is 13.2. The lowest BCUT2D eigenvalue weighted by molar-refractivity contribution is -0.157. The van der Waals surface area contributed by atoms with Crippen LogP contribution in [0.1, 0.15) is 34.8 Å². The number of para-hydroxylation sites is 1. The zero-order chi connectivity index (χ0) is 27.8. The van der Waals surface area contributed by atoms with Gasteiger partial charge in [0.15, 0.2) is 11.5 Å². The third-order valence-electron chi connectivity index (χ3n) is 7.64. The van der Waals surface area contributed by atoms with E-state index in [9.17, 15) is 14.4 Å². The summed E-state index contributed by atoms with van der Waals surface area (Å²) in [5.41, 5.74) is 5.05. The van der Waals surface area contributed by atoms with Crippen LogP contribution in [0.4, 0.5) is 0 Å². The number of likely N-dealkylation sites (N-methyl/N-ethyl adjacent to an activating group) is 1. The Labute approximate surface area is 230 Å². The lowest BCUT2D eigenvalue weighted by Gasteiger charge is -2.46. The van der Waals surface area contributed by atoms with E-state index in [2.05, 4.69) is 11.1 Å². The number of carbonyl (C=O) groups excluding carboxylic acids is 2. The number of carbonyl (C=O) groups is 3. The number of aromatic nitrogens is 1. The van der Waals surface area contributed by atoms with Gasteiger partial charge in [-0.15, -0.1) is 0 Å². The molecule has 0 spiro atoms. The summed E-state index contributed by atoms with van der Waals surface area (Å²) in [6.45, 7) is 0.279. The molecule has 2 N–H and O–H groups in total. The van der Waals surface area contributed by atoms with E-state index in [0.29, 0.717) is 24.3 Å². The fourth-order valence-electron chi connectivity index (χ4n) is 5.73. The summed E-state index contributed by atoms with van der Waals surface area (Å²) in [7, 11) is 1.69. The van der Waals surface area contributed by atoms with Crippen LogP contribution in [-0.4, -0.2) is 64.1 Å². The molecule has 0 unspecified atom stereocenters. The highest BCUT2D eigenvalue weighted by molar-refractivity contribution is 5.97. The minimum atomic E-state index is -0.742. The summed E-state index contributed by atoms with van der Waals surface area (Å²) in [5, 5.41) is 9.47. The van der Waals surface area contributed by atoms with Crippen molar-refractivity contribution in [3.05, 3.63) is 95.2 Å². The number of rotatable bonds is 4. The number of piperazine rings is 1. The molecule has 40 heavy (non-hydrogen) atoms. The second-order valence-electron chi connectivity index (χ2n) is 10.2. The standard InChI is InChI=1S/C22H19N3O4.C9H10O2/c1-24-10-19(26)25-16(22(24)27)9-14-13-4-2-3-5-15(13)23-20(14)21(25)12-6-7-17-18(8-12)29-11-28-17;10-9(11)7-6-8-4-2-1-3-5-8/h2-8,16,21,23H,9-11H2,1H3;1-5H,6-7H2,(H,10,11)/t16-,21-;/m1./s1. The Morgan fingerprint density at radius 3 is 2.55 bits per heavy atom.